The molecule has 0 amide bonds. The van der Waals surface area contributed by atoms with Crippen LogP contribution in [-0.2, 0) is 22.2 Å². The number of fused-ring (bicyclic) bond motifs is 1. The highest BCUT2D eigenvalue weighted by Crippen LogP contribution is 2.60. The normalized spacial score (nSPS) is 26.3. The molecular formula is C36H37NO5. The quantitative estimate of drug-likeness (QED) is 0.289. The van der Waals surface area contributed by atoms with Gasteiger partial charge in [-0.05, 0) is 29.7 Å². The third-order valence-corrected chi connectivity index (χ3v) is 9.53. The minimum Gasteiger partial charge on any atom is -0.496 e. The number of ketones is 1. The molecule has 1 aliphatic carbocycles. The van der Waals surface area contributed by atoms with Crippen molar-refractivity contribution in [3.8, 4) is 11.5 Å². The lowest BCUT2D eigenvalue weighted by atomic mass is 9.49. The van der Waals surface area contributed by atoms with E-state index in [4.69, 9.17) is 9.47 Å². The molecule has 4 aromatic rings. The Labute approximate surface area is 246 Å². The van der Waals surface area contributed by atoms with Gasteiger partial charge in [0.1, 0.15) is 17.1 Å². The fraction of sp³-hybridized carbons (Fsp3) is 0.306. The number of aliphatic hydroxyl groups excluding tert-OH is 1. The highest BCUT2D eigenvalue weighted by molar-refractivity contribution is 5.88. The number of benzene rings is 4. The number of Topliss-reactive ketones (excluding diaryl/α,β-unsaturated/α-hetero) is 1. The second-order valence-electron chi connectivity index (χ2n) is 11.4. The number of hydrogen-bond acceptors (Lipinski definition) is 6. The van der Waals surface area contributed by atoms with Gasteiger partial charge in [0.25, 0.3) is 0 Å². The van der Waals surface area contributed by atoms with E-state index in [1.54, 1.807) is 20.3 Å². The van der Waals surface area contributed by atoms with E-state index in [-0.39, 0.29) is 24.5 Å². The molecule has 2 aliphatic rings. The summed E-state index contributed by atoms with van der Waals surface area (Å²) < 4.78 is 11.3. The Morgan fingerprint density at radius 3 is 1.98 bits per heavy atom. The van der Waals surface area contributed by atoms with Crippen LogP contribution in [-0.4, -0.2) is 48.9 Å². The van der Waals surface area contributed by atoms with Crippen molar-refractivity contribution < 1.29 is 24.5 Å². The second kappa shape index (κ2) is 11.4. The first-order valence-corrected chi connectivity index (χ1v) is 14.5. The monoisotopic (exact) mass is 563 g/mol. The van der Waals surface area contributed by atoms with E-state index in [0.717, 1.165) is 16.7 Å². The van der Waals surface area contributed by atoms with E-state index in [0.29, 0.717) is 23.6 Å². The Morgan fingerprint density at radius 2 is 1.36 bits per heavy atom. The average molecular weight is 564 g/mol. The van der Waals surface area contributed by atoms with E-state index in [1.165, 1.54) is 0 Å². The molecular weight excluding hydrogens is 526 g/mol. The summed E-state index contributed by atoms with van der Waals surface area (Å²) in [7, 11) is 3.18. The average Bonchev–Trinajstić information content (AvgIpc) is 3.51. The standard InChI is InChI=1S/C36H37NO5/c1-41-30-19-11-9-13-24(30)21-29(38)34-33-28(23-37-34)36(40,27-18-10-12-20-31(27)42-2)32(39)22-35(33,25-14-5-3-6-15-25)26-16-7-4-8-17-26/h3-20,28,32-34,37,39-40H,21-23H2,1-2H3. The highest BCUT2D eigenvalue weighted by atomic mass is 16.5. The number of ether oxygens (including phenoxy) is 2. The third-order valence-electron chi connectivity index (χ3n) is 9.53. The van der Waals surface area contributed by atoms with Crippen LogP contribution in [0.5, 0.6) is 11.5 Å². The van der Waals surface area contributed by atoms with Gasteiger partial charge in [-0.25, -0.2) is 0 Å². The first-order chi connectivity index (χ1) is 20.4. The van der Waals surface area contributed by atoms with Crippen molar-refractivity contribution in [3.63, 3.8) is 0 Å². The topological polar surface area (TPSA) is 88.0 Å². The molecule has 5 unspecified atom stereocenters. The maximum absolute atomic E-state index is 14.4. The van der Waals surface area contributed by atoms with Crippen LogP contribution in [0.4, 0.5) is 0 Å². The smallest absolute Gasteiger partial charge is 0.154 e. The van der Waals surface area contributed by atoms with E-state index >= 15 is 0 Å². The van der Waals surface area contributed by atoms with Gasteiger partial charge < -0.3 is 25.0 Å². The molecule has 6 heteroatoms. The molecule has 1 saturated carbocycles. The van der Waals surface area contributed by atoms with Crippen LogP contribution in [0.1, 0.15) is 28.7 Å². The summed E-state index contributed by atoms with van der Waals surface area (Å²) in [5, 5.41) is 28.3. The largest absolute Gasteiger partial charge is 0.496 e. The van der Waals surface area contributed by atoms with Crippen molar-refractivity contribution in [2.75, 3.05) is 20.8 Å². The third kappa shape index (κ3) is 4.42. The number of nitrogens with one attached hydrogen (secondary N) is 1. The van der Waals surface area contributed by atoms with Crippen molar-refractivity contribution in [2.45, 2.75) is 36.0 Å². The van der Waals surface area contributed by atoms with Gasteiger partial charge in [0.15, 0.2) is 5.78 Å². The van der Waals surface area contributed by atoms with E-state index in [1.807, 2.05) is 78.9 Å². The molecule has 0 radical (unpaired) electrons. The molecule has 4 aromatic carbocycles. The number of rotatable bonds is 8. The Hall–Kier alpha value is -3.97. The lowest BCUT2D eigenvalue weighted by molar-refractivity contribution is -0.171. The molecule has 216 valence electrons. The van der Waals surface area contributed by atoms with Crippen LogP contribution in [0.2, 0.25) is 0 Å². The fourth-order valence-corrected chi connectivity index (χ4v) is 7.72. The van der Waals surface area contributed by atoms with Crippen molar-refractivity contribution in [1.29, 1.82) is 0 Å². The Balaban J connectivity index is 1.55. The number of para-hydroxylation sites is 2. The number of hydrogen-bond donors (Lipinski definition) is 3. The fourth-order valence-electron chi connectivity index (χ4n) is 7.72. The molecule has 6 rings (SSSR count). The molecule has 3 N–H and O–H groups in total. The number of aliphatic hydroxyl groups is 2. The summed E-state index contributed by atoms with van der Waals surface area (Å²) in [6.07, 6.45) is -0.739. The Morgan fingerprint density at radius 1 is 0.810 bits per heavy atom. The summed E-state index contributed by atoms with van der Waals surface area (Å²) >= 11 is 0. The molecule has 1 aliphatic heterocycles. The summed E-state index contributed by atoms with van der Waals surface area (Å²) in [5.41, 5.74) is 0.945. The minimum atomic E-state index is -1.66. The first kappa shape index (κ1) is 28.2. The van der Waals surface area contributed by atoms with Gasteiger partial charge >= 0.3 is 0 Å². The lowest BCUT2D eigenvalue weighted by Gasteiger charge is -2.56. The van der Waals surface area contributed by atoms with Gasteiger partial charge in [-0.2, -0.15) is 0 Å². The second-order valence-corrected chi connectivity index (χ2v) is 11.4. The molecule has 0 bridgehead atoms. The van der Waals surface area contributed by atoms with Crippen LogP contribution in [0, 0.1) is 11.8 Å². The minimum absolute atomic E-state index is 0.0157. The maximum atomic E-state index is 14.4. The van der Waals surface area contributed by atoms with Gasteiger partial charge in [0.05, 0.1) is 26.4 Å². The van der Waals surface area contributed by atoms with Gasteiger partial charge in [-0.3, -0.25) is 4.79 Å². The van der Waals surface area contributed by atoms with E-state index in [2.05, 4.69) is 29.6 Å². The molecule has 1 heterocycles. The summed E-state index contributed by atoms with van der Waals surface area (Å²) in [4.78, 5) is 14.4. The molecule has 6 nitrogen and oxygen atoms in total. The maximum Gasteiger partial charge on any atom is 0.154 e. The first-order valence-electron chi connectivity index (χ1n) is 14.5. The Bertz CT molecular complexity index is 1500. The molecule has 5 atom stereocenters. The predicted octanol–water partition coefficient (Wildman–Crippen LogP) is 4.66. The Kier molecular flexibility index (Phi) is 7.62. The molecule has 2 fully saturated rings. The van der Waals surface area contributed by atoms with Crippen LogP contribution in [0.3, 0.4) is 0 Å². The van der Waals surface area contributed by atoms with Crippen molar-refractivity contribution in [2.24, 2.45) is 11.8 Å². The summed E-state index contributed by atoms with van der Waals surface area (Å²) in [6, 6.07) is 34.5. The van der Waals surface area contributed by atoms with Crippen LogP contribution >= 0.6 is 0 Å². The van der Waals surface area contributed by atoms with Crippen LogP contribution in [0.25, 0.3) is 0 Å². The highest BCUT2D eigenvalue weighted by Gasteiger charge is 2.66. The predicted molar refractivity (Wildman–Crippen MR) is 162 cm³/mol. The van der Waals surface area contributed by atoms with E-state index in [9.17, 15) is 15.0 Å². The zero-order valence-corrected chi connectivity index (χ0v) is 23.9. The molecule has 42 heavy (non-hydrogen) atoms. The van der Waals surface area contributed by atoms with Gasteiger partial charge in [0, 0.05) is 41.3 Å². The van der Waals surface area contributed by atoms with Crippen LogP contribution < -0.4 is 14.8 Å². The van der Waals surface area contributed by atoms with Crippen molar-refractivity contribution in [1.82, 2.24) is 5.32 Å². The lowest BCUT2D eigenvalue weighted by Crippen LogP contribution is -2.62. The van der Waals surface area contributed by atoms with E-state index < -0.39 is 29.1 Å². The van der Waals surface area contributed by atoms with Crippen molar-refractivity contribution >= 4 is 5.78 Å². The zero-order chi connectivity index (χ0) is 29.3. The van der Waals surface area contributed by atoms with Crippen LogP contribution in [0.15, 0.2) is 109 Å². The number of methoxy groups -OCH3 is 2. The van der Waals surface area contributed by atoms with Gasteiger partial charge in [-0.1, -0.05) is 97.1 Å². The van der Waals surface area contributed by atoms with Gasteiger partial charge in [-0.15, -0.1) is 0 Å². The molecule has 0 spiro atoms. The number of carbonyl (C=O) groups excluding carboxylic acids is 1. The molecule has 0 aromatic heterocycles. The number of carbonyl (C=O) groups is 1. The summed E-state index contributed by atoms with van der Waals surface area (Å²) in [6.45, 7) is 0.347. The van der Waals surface area contributed by atoms with Gasteiger partial charge in [0.2, 0.25) is 0 Å². The summed E-state index contributed by atoms with van der Waals surface area (Å²) in [5.74, 6) is 0.297. The van der Waals surface area contributed by atoms with Crippen molar-refractivity contribution in [3.05, 3.63) is 131 Å². The molecule has 1 saturated heterocycles. The zero-order valence-electron chi connectivity index (χ0n) is 23.9. The SMILES string of the molecule is COc1ccccc1CC(=O)C1NCC2C1C(c1ccccc1)(c1ccccc1)CC(O)C2(O)c1ccccc1OC.